The summed E-state index contributed by atoms with van der Waals surface area (Å²) in [6.45, 7) is 1.05. The van der Waals surface area contributed by atoms with E-state index >= 15 is 0 Å². The van der Waals surface area contributed by atoms with Crippen molar-refractivity contribution in [2.45, 2.75) is 69.6 Å². The first-order valence-electron chi connectivity index (χ1n) is 6.95. The monoisotopic (exact) mass is 240 g/mol. The topological polar surface area (TPSA) is 61.4 Å². The minimum Gasteiger partial charge on any atom is -0.393 e. The van der Waals surface area contributed by atoms with E-state index in [9.17, 15) is 9.90 Å². The number of nitrogens with one attached hydrogen (secondary N) is 2. The van der Waals surface area contributed by atoms with Crippen molar-refractivity contribution in [2.24, 2.45) is 0 Å². The second-order valence-electron chi connectivity index (χ2n) is 5.42. The predicted molar refractivity (Wildman–Crippen MR) is 66.7 cm³/mol. The Kier molecular flexibility index (Phi) is 4.80. The first kappa shape index (κ1) is 12.8. The van der Waals surface area contributed by atoms with E-state index in [2.05, 4.69) is 10.6 Å². The molecule has 0 aromatic carbocycles. The number of amides is 1. The van der Waals surface area contributed by atoms with Crippen LogP contribution in [0.5, 0.6) is 0 Å². The Morgan fingerprint density at radius 1 is 1.18 bits per heavy atom. The summed E-state index contributed by atoms with van der Waals surface area (Å²) in [6.07, 6.45) is 7.55. The van der Waals surface area contributed by atoms with Crippen molar-refractivity contribution in [3.63, 3.8) is 0 Å². The van der Waals surface area contributed by atoms with Gasteiger partial charge in [-0.05, 0) is 45.1 Å². The number of aliphatic hydroxyl groups excluding tert-OH is 1. The van der Waals surface area contributed by atoms with Crippen molar-refractivity contribution in [1.29, 1.82) is 0 Å². The van der Waals surface area contributed by atoms with Crippen LogP contribution in [0.3, 0.4) is 0 Å². The summed E-state index contributed by atoms with van der Waals surface area (Å²) >= 11 is 0. The lowest BCUT2D eigenvalue weighted by atomic mass is 9.93. The second kappa shape index (κ2) is 6.36. The van der Waals surface area contributed by atoms with E-state index in [1.807, 2.05) is 0 Å². The SMILES string of the molecule is O=C(CC1CCCCN1)NC1CCC(O)CC1. The molecule has 1 saturated heterocycles. The summed E-state index contributed by atoms with van der Waals surface area (Å²) in [7, 11) is 0. The van der Waals surface area contributed by atoms with Crippen LogP contribution < -0.4 is 10.6 Å². The quantitative estimate of drug-likeness (QED) is 0.688. The summed E-state index contributed by atoms with van der Waals surface area (Å²) in [6, 6.07) is 0.660. The molecule has 2 rings (SSSR count). The lowest BCUT2D eigenvalue weighted by Crippen LogP contribution is -2.43. The van der Waals surface area contributed by atoms with Crippen LogP contribution in [-0.2, 0) is 4.79 Å². The molecule has 4 nitrogen and oxygen atoms in total. The fourth-order valence-corrected chi connectivity index (χ4v) is 2.83. The molecule has 0 aromatic heterocycles. The van der Waals surface area contributed by atoms with Crippen molar-refractivity contribution in [1.82, 2.24) is 10.6 Å². The molecule has 0 bridgehead atoms. The molecule has 3 N–H and O–H groups in total. The third-order valence-electron chi connectivity index (χ3n) is 3.91. The minimum atomic E-state index is -0.150. The van der Waals surface area contributed by atoms with Gasteiger partial charge in [-0.1, -0.05) is 6.42 Å². The highest BCUT2D eigenvalue weighted by Crippen LogP contribution is 2.18. The Labute approximate surface area is 103 Å². The Hall–Kier alpha value is -0.610. The zero-order chi connectivity index (χ0) is 12.1. The molecular weight excluding hydrogens is 216 g/mol. The van der Waals surface area contributed by atoms with Gasteiger partial charge in [-0.15, -0.1) is 0 Å². The maximum atomic E-state index is 11.8. The molecule has 0 aromatic rings. The molecule has 98 valence electrons. The highest BCUT2D eigenvalue weighted by atomic mass is 16.3. The number of carbonyl (C=O) groups is 1. The maximum absolute atomic E-state index is 11.8. The predicted octanol–water partition coefficient (Wildman–Crippen LogP) is 0.938. The average molecular weight is 240 g/mol. The van der Waals surface area contributed by atoms with Gasteiger partial charge < -0.3 is 15.7 Å². The largest absolute Gasteiger partial charge is 0.393 e. The number of aliphatic hydroxyl groups is 1. The van der Waals surface area contributed by atoms with Crippen molar-refractivity contribution >= 4 is 5.91 Å². The van der Waals surface area contributed by atoms with Crippen LogP contribution in [0, 0.1) is 0 Å². The molecule has 1 atom stereocenters. The van der Waals surface area contributed by atoms with Gasteiger partial charge in [-0.3, -0.25) is 4.79 Å². The molecule has 2 fully saturated rings. The molecule has 2 aliphatic rings. The van der Waals surface area contributed by atoms with Gasteiger partial charge in [0, 0.05) is 18.5 Å². The van der Waals surface area contributed by atoms with E-state index in [1.165, 1.54) is 12.8 Å². The van der Waals surface area contributed by atoms with Gasteiger partial charge in [0.2, 0.25) is 5.91 Å². The van der Waals surface area contributed by atoms with E-state index in [4.69, 9.17) is 0 Å². The zero-order valence-electron chi connectivity index (χ0n) is 10.5. The van der Waals surface area contributed by atoms with Crippen molar-refractivity contribution < 1.29 is 9.90 Å². The Morgan fingerprint density at radius 3 is 2.59 bits per heavy atom. The summed E-state index contributed by atoms with van der Waals surface area (Å²) in [5.41, 5.74) is 0. The summed E-state index contributed by atoms with van der Waals surface area (Å²) in [5.74, 6) is 0.172. The van der Waals surface area contributed by atoms with Gasteiger partial charge in [0.15, 0.2) is 0 Å². The molecule has 0 spiro atoms. The van der Waals surface area contributed by atoms with Crippen LogP contribution >= 0.6 is 0 Å². The summed E-state index contributed by atoms with van der Waals surface area (Å²) in [5, 5.41) is 15.9. The molecule has 1 aliphatic carbocycles. The lowest BCUT2D eigenvalue weighted by Gasteiger charge is -2.28. The summed E-state index contributed by atoms with van der Waals surface area (Å²) in [4.78, 5) is 11.8. The van der Waals surface area contributed by atoms with E-state index < -0.39 is 0 Å². The molecule has 17 heavy (non-hydrogen) atoms. The smallest absolute Gasteiger partial charge is 0.221 e. The molecule has 1 unspecified atom stereocenters. The number of carbonyl (C=O) groups excluding carboxylic acids is 1. The Bertz CT molecular complexity index is 244. The van der Waals surface area contributed by atoms with Crippen molar-refractivity contribution in [3.8, 4) is 0 Å². The van der Waals surface area contributed by atoms with Crippen LogP contribution in [0.15, 0.2) is 0 Å². The molecule has 1 saturated carbocycles. The van der Waals surface area contributed by atoms with Gasteiger partial charge in [0.05, 0.1) is 6.10 Å². The van der Waals surface area contributed by atoms with Gasteiger partial charge in [-0.2, -0.15) is 0 Å². The molecular formula is C13H24N2O2. The molecule has 1 heterocycles. The van der Waals surface area contributed by atoms with E-state index in [1.54, 1.807) is 0 Å². The van der Waals surface area contributed by atoms with Crippen molar-refractivity contribution in [2.75, 3.05) is 6.54 Å². The van der Waals surface area contributed by atoms with E-state index in [-0.39, 0.29) is 18.1 Å². The van der Waals surface area contributed by atoms with Gasteiger partial charge in [0.25, 0.3) is 0 Å². The van der Waals surface area contributed by atoms with Crippen molar-refractivity contribution in [3.05, 3.63) is 0 Å². The number of hydrogen-bond donors (Lipinski definition) is 3. The van der Waals surface area contributed by atoms with Gasteiger partial charge >= 0.3 is 0 Å². The Morgan fingerprint density at radius 2 is 1.94 bits per heavy atom. The highest BCUT2D eigenvalue weighted by Gasteiger charge is 2.22. The van der Waals surface area contributed by atoms with Crippen LogP contribution in [0.2, 0.25) is 0 Å². The third kappa shape index (κ3) is 4.28. The first-order chi connectivity index (χ1) is 8.24. The number of hydrogen-bond acceptors (Lipinski definition) is 3. The lowest BCUT2D eigenvalue weighted by molar-refractivity contribution is -0.122. The Balaban J connectivity index is 1.66. The van der Waals surface area contributed by atoms with E-state index in [0.29, 0.717) is 12.5 Å². The number of piperidine rings is 1. The number of rotatable bonds is 3. The molecule has 1 aliphatic heterocycles. The molecule has 1 amide bonds. The second-order valence-corrected chi connectivity index (χ2v) is 5.42. The van der Waals surface area contributed by atoms with Crippen LogP contribution in [-0.4, -0.2) is 35.7 Å². The third-order valence-corrected chi connectivity index (χ3v) is 3.91. The minimum absolute atomic E-state index is 0.150. The summed E-state index contributed by atoms with van der Waals surface area (Å²) < 4.78 is 0. The van der Waals surface area contributed by atoms with Crippen LogP contribution in [0.1, 0.15) is 51.4 Å². The molecule has 4 heteroatoms. The maximum Gasteiger partial charge on any atom is 0.221 e. The standard InChI is InChI=1S/C13H24N2O2/c16-12-6-4-10(5-7-12)15-13(17)9-11-3-1-2-8-14-11/h10-12,14,16H,1-9H2,(H,15,17). The van der Waals surface area contributed by atoms with Gasteiger partial charge in [-0.25, -0.2) is 0 Å². The molecule has 0 radical (unpaired) electrons. The van der Waals surface area contributed by atoms with Crippen LogP contribution in [0.4, 0.5) is 0 Å². The first-order valence-corrected chi connectivity index (χ1v) is 6.95. The van der Waals surface area contributed by atoms with Crippen LogP contribution in [0.25, 0.3) is 0 Å². The van der Waals surface area contributed by atoms with Gasteiger partial charge in [0.1, 0.15) is 0 Å². The highest BCUT2D eigenvalue weighted by molar-refractivity contribution is 5.76. The van der Waals surface area contributed by atoms with E-state index in [0.717, 1.165) is 38.6 Å². The normalized spacial score (nSPS) is 34.3. The fraction of sp³-hybridized carbons (Fsp3) is 0.923. The fourth-order valence-electron chi connectivity index (χ4n) is 2.83. The zero-order valence-corrected chi connectivity index (χ0v) is 10.5. The average Bonchev–Trinajstić information content (AvgIpc) is 2.33.